The van der Waals surface area contributed by atoms with Crippen LogP contribution in [-0.4, -0.2) is 21.2 Å². The van der Waals surface area contributed by atoms with E-state index in [1.165, 1.54) is 18.3 Å². The van der Waals surface area contributed by atoms with Gasteiger partial charge >= 0.3 is 0 Å². The SMILES string of the molecule is CCOc1ccc(S(=O)(=O)N/N=C\c2ccc(COc3cccc(Cl)c3)o2)cc1. The molecule has 0 fully saturated rings. The molecule has 0 aliphatic heterocycles. The second-order valence-electron chi connectivity index (χ2n) is 5.81. The fourth-order valence-corrected chi connectivity index (χ4v) is 3.32. The molecule has 3 aromatic rings. The third kappa shape index (κ3) is 6.00. The van der Waals surface area contributed by atoms with Crippen molar-refractivity contribution in [2.24, 2.45) is 5.10 Å². The Hall–Kier alpha value is -2.97. The zero-order valence-electron chi connectivity index (χ0n) is 15.5. The normalized spacial score (nSPS) is 11.5. The molecule has 0 aliphatic rings. The molecule has 152 valence electrons. The van der Waals surface area contributed by atoms with Gasteiger partial charge in [-0.2, -0.15) is 18.4 Å². The first-order valence-corrected chi connectivity index (χ1v) is 10.6. The van der Waals surface area contributed by atoms with Crippen molar-refractivity contribution in [3.05, 3.63) is 77.2 Å². The molecule has 0 amide bonds. The third-order valence-electron chi connectivity index (χ3n) is 3.67. The molecule has 0 atom stereocenters. The molecular formula is C20H19ClN2O5S. The fraction of sp³-hybridized carbons (Fsp3) is 0.150. The highest BCUT2D eigenvalue weighted by Gasteiger charge is 2.12. The Bertz CT molecular complexity index is 1080. The van der Waals surface area contributed by atoms with Crippen LogP contribution in [-0.2, 0) is 16.6 Å². The third-order valence-corrected chi connectivity index (χ3v) is 5.14. The summed E-state index contributed by atoms with van der Waals surface area (Å²) in [5.74, 6) is 2.15. The minimum absolute atomic E-state index is 0.0770. The van der Waals surface area contributed by atoms with E-state index in [2.05, 4.69) is 9.93 Å². The van der Waals surface area contributed by atoms with Gasteiger partial charge in [-0.1, -0.05) is 17.7 Å². The summed E-state index contributed by atoms with van der Waals surface area (Å²) in [7, 11) is -3.79. The molecular weight excluding hydrogens is 416 g/mol. The number of halogens is 1. The van der Waals surface area contributed by atoms with Crippen LogP contribution in [0.3, 0.4) is 0 Å². The van der Waals surface area contributed by atoms with Gasteiger partial charge in [0.05, 0.1) is 17.7 Å². The highest BCUT2D eigenvalue weighted by molar-refractivity contribution is 7.89. The number of nitrogens with one attached hydrogen (secondary N) is 1. The highest BCUT2D eigenvalue weighted by Crippen LogP contribution is 2.19. The van der Waals surface area contributed by atoms with Gasteiger partial charge in [0.15, 0.2) is 0 Å². The number of ether oxygens (including phenoxy) is 2. The summed E-state index contributed by atoms with van der Waals surface area (Å²) in [5.41, 5.74) is 0. The van der Waals surface area contributed by atoms with Crippen LogP contribution in [0, 0.1) is 0 Å². The summed E-state index contributed by atoms with van der Waals surface area (Å²) in [5, 5.41) is 4.32. The summed E-state index contributed by atoms with van der Waals surface area (Å²) in [6, 6.07) is 16.5. The Morgan fingerprint density at radius 2 is 1.86 bits per heavy atom. The predicted octanol–water partition coefficient (Wildman–Crippen LogP) is 4.22. The molecule has 0 saturated heterocycles. The first-order chi connectivity index (χ1) is 14.0. The lowest BCUT2D eigenvalue weighted by atomic mass is 10.3. The molecule has 7 nitrogen and oxygen atoms in total. The van der Waals surface area contributed by atoms with Crippen LogP contribution in [0.15, 0.2) is 75.1 Å². The molecule has 1 heterocycles. The van der Waals surface area contributed by atoms with E-state index in [0.717, 1.165) is 0 Å². The number of hydrogen-bond donors (Lipinski definition) is 1. The van der Waals surface area contributed by atoms with Gasteiger partial charge in [-0.25, -0.2) is 0 Å². The van der Waals surface area contributed by atoms with E-state index in [-0.39, 0.29) is 11.5 Å². The number of furan rings is 1. The Balaban J connectivity index is 1.56. The van der Waals surface area contributed by atoms with Gasteiger partial charge in [0.2, 0.25) is 0 Å². The lowest BCUT2D eigenvalue weighted by Crippen LogP contribution is -2.18. The summed E-state index contributed by atoms with van der Waals surface area (Å²) < 4.78 is 40.9. The van der Waals surface area contributed by atoms with Gasteiger partial charge in [-0.15, -0.1) is 0 Å². The molecule has 0 unspecified atom stereocenters. The molecule has 1 aromatic heterocycles. The molecule has 2 aromatic carbocycles. The van der Waals surface area contributed by atoms with Crippen molar-refractivity contribution in [2.75, 3.05) is 6.61 Å². The summed E-state index contributed by atoms with van der Waals surface area (Å²) in [6.45, 7) is 2.56. The lowest BCUT2D eigenvalue weighted by Gasteiger charge is -2.05. The minimum Gasteiger partial charge on any atom is -0.494 e. The zero-order chi connectivity index (χ0) is 20.7. The quantitative estimate of drug-likeness (QED) is 0.402. The molecule has 1 N–H and O–H groups in total. The molecule has 29 heavy (non-hydrogen) atoms. The van der Waals surface area contributed by atoms with Crippen molar-refractivity contribution < 1.29 is 22.3 Å². The largest absolute Gasteiger partial charge is 0.494 e. The maximum atomic E-state index is 12.3. The van der Waals surface area contributed by atoms with Crippen LogP contribution in [0.1, 0.15) is 18.4 Å². The van der Waals surface area contributed by atoms with E-state index in [1.54, 1.807) is 48.5 Å². The Kier molecular flexibility index (Phi) is 6.79. The zero-order valence-corrected chi connectivity index (χ0v) is 17.1. The monoisotopic (exact) mass is 434 g/mol. The van der Waals surface area contributed by atoms with Crippen LogP contribution in [0.5, 0.6) is 11.5 Å². The van der Waals surface area contributed by atoms with E-state index in [4.69, 9.17) is 25.5 Å². The average molecular weight is 435 g/mol. The van der Waals surface area contributed by atoms with E-state index >= 15 is 0 Å². The number of rotatable bonds is 9. The van der Waals surface area contributed by atoms with Crippen molar-refractivity contribution in [3.8, 4) is 11.5 Å². The van der Waals surface area contributed by atoms with E-state index in [0.29, 0.717) is 34.6 Å². The number of nitrogens with zero attached hydrogens (tertiary/aromatic N) is 1. The number of sulfonamides is 1. The van der Waals surface area contributed by atoms with Crippen molar-refractivity contribution >= 4 is 27.8 Å². The van der Waals surface area contributed by atoms with Gasteiger partial charge in [0.1, 0.15) is 29.6 Å². The molecule has 3 rings (SSSR count). The average Bonchev–Trinajstić information content (AvgIpc) is 3.15. The van der Waals surface area contributed by atoms with Crippen LogP contribution < -0.4 is 14.3 Å². The first-order valence-electron chi connectivity index (χ1n) is 8.71. The summed E-state index contributed by atoms with van der Waals surface area (Å²) >= 11 is 5.91. The van der Waals surface area contributed by atoms with Gasteiger partial charge in [0.25, 0.3) is 10.0 Å². The molecule has 0 aliphatic carbocycles. The second-order valence-corrected chi connectivity index (χ2v) is 7.90. The summed E-state index contributed by atoms with van der Waals surface area (Å²) in [6.07, 6.45) is 1.27. The van der Waals surface area contributed by atoms with Gasteiger partial charge < -0.3 is 13.9 Å². The fourth-order valence-electron chi connectivity index (χ4n) is 2.35. The van der Waals surface area contributed by atoms with Crippen LogP contribution >= 0.6 is 11.6 Å². The Morgan fingerprint density at radius 1 is 1.07 bits per heavy atom. The van der Waals surface area contributed by atoms with E-state index in [1.807, 2.05) is 6.92 Å². The summed E-state index contributed by atoms with van der Waals surface area (Å²) in [4.78, 5) is 2.22. The van der Waals surface area contributed by atoms with Gasteiger partial charge in [0, 0.05) is 5.02 Å². The first kappa shape index (κ1) is 20.8. The molecule has 0 bridgehead atoms. The van der Waals surface area contributed by atoms with Crippen molar-refractivity contribution in [2.45, 2.75) is 18.4 Å². The van der Waals surface area contributed by atoms with Crippen molar-refractivity contribution in [1.82, 2.24) is 4.83 Å². The smallest absolute Gasteiger partial charge is 0.276 e. The second kappa shape index (κ2) is 9.49. The molecule has 0 saturated carbocycles. The highest BCUT2D eigenvalue weighted by atomic mass is 35.5. The molecule has 0 spiro atoms. The molecule has 9 heteroatoms. The van der Waals surface area contributed by atoms with Gasteiger partial charge in [-0.05, 0) is 61.5 Å². The minimum atomic E-state index is -3.79. The Morgan fingerprint density at radius 3 is 2.59 bits per heavy atom. The maximum absolute atomic E-state index is 12.3. The van der Waals surface area contributed by atoms with Crippen molar-refractivity contribution in [1.29, 1.82) is 0 Å². The van der Waals surface area contributed by atoms with Crippen LogP contribution in [0.2, 0.25) is 5.02 Å². The Labute approximate surface area is 174 Å². The van der Waals surface area contributed by atoms with Crippen LogP contribution in [0.25, 0.3) is 0 Å². The number of benzene rings is 2. The standard InChI is InChI=1S/C20H19ClN2O5S/c1-2-26-16-8-10-20(11-9-16)29(24,25)23-22-13-18-6-7-19(28-18)14-27-17-5-3-4-15(21)12-17/h3-13,23H,2,14H2,1H3/b22-13-. The van der Waals surface area contributed by atoms with Crippen LogP contribution in [0.4, 0.5) is 0 Å². The lowest BCUT2D eigenvalue weighted by molar-refractivity contribution is 0.270. The number of hydrazone groups is 1. The molecule has 0 radical (unpaired) electrons. The van der Waals surface area contributed by atoms with E-state index in [9.17, 15) is 8.42 Å². The maximum Gasteiger partial charge on any atom is 0.276 e. The topological polar surface area (TPSA) is 90.1 Å². The van der Waals surface area contributed by atoms with Crippen molar-refractivity contribution in [3.63, 3.8) is 0 Å². The van der Waals surface area contributed by atoms with Gasteiger partial charge in [-0.3, -0.25) is 0 Å². The predicted molar refractivity (Wildman–Crippen MR) is 110 cm³/mol. The van der Waals surface area contributed by atoms with E-state index < -0.39 is 10.0 Å². The number of hydrogen-bond acceptors (Lipinski definition) is 6.